The van der Waals surface area contributed by atoms with Gasteiger partial charge in [-0.15, -0.1) is 30.6 Å². The van der Waals surface area contributed by atoms with Crippen LogP contribution in [0.3, 0.4) is 0 Å². The lowest BCUT2D eigenvalue weighted by Gasteiger charge is -2.14. The molecule has 0 aliphatic carbocycles. The van der Waals surface area contributed by atoms with Gasteiger partial charge in [0.1, 0.15) is 0 Å². The Kier molecular flexibility index (Phi) is 25.4. The number of aromatic nitrogens is 12. The zero-order valence-corrected chi connectivity index (χ0v) is 77.4. The molecule has 21 aromatic rings. The molecular weight excluding hydrogens is 1610 g/mol. The fourth-order valence-corrected chi connectivity index (χ4v) is 19.0. The maximum atomic E-state index is 4.66. The lowest BCUT2D eigenvalue weighted by Crippen LogP contribution is -2.01. The Morgan fingerprint density at radius 1 is 0.212 bits per heavy atom. The number of unbranched alkanes of at least 4 members (excludes halogenated alkanes) is 2. The number of nitrogens with zero attached hydrogens (tertiary/aromatic N) is 12. The highest BCUT2D eigenvalue weighted by Gasteiger charge is 2.25. The van der Waals surface area contributed by atoms with E-state index in [4.69, 9.17) is 0 Å². The molecule has 0 spiro atoms. The lowest BCUT2D eigenvalue weighted by atomic mass is 9.95. The molecule has 0 fully saturated rings. The van der Waals surface area contributed by atoms with Crippen LogP contribution < -0.4 is 0 Å². The first-order chi connectivity index (χ1) is 64.8. The van der Waals surface area contributed by atoms with Crippen LogP contribution in [0.15, 0.2) is 364 Å². The molecule has 12 nitrogen and oxygen atoms in total. The molecular formula is C120H114N12. The summed E-state index contributed by atoms with van der Waals surface area (Å²) in [5, 5.41) is 35.9. The highest BCUT2D eigenvalue weighted by atomic mass is 15.3. The van der Waals surface area contributed by atoms with Crippen molar-refractivity contribution < 1.29 is 0 Å². The summed E-state index contributed by atoms with van der Waals surface area (Å²) in [5.41, 5.74) is 28.6. The molecule has 6 aromatic heterocycles. The molecule has 0 radical (unpaired) electrons. The van der Waals surface area contributed by atoms with Gasteiger partial charge in [0.15, 0.2) is 34.9 Å². The minimum absolute atomic E-state index is 0.524. The van der Waals surface area contributed by atoms with Crippen LogP contribution in [0.2, 0.25) is 0 Å². The van der Waals surface area contributed by atoms with Gasteiger partial charge in [0.05, 0.1) is 33.1 Å². The fourth-order valence-electron chi connectivity index (χ4n) is 19.0. The molecule has 21 rings (SSSR count). The molecule has 2 atom stereocenters. The largest absolute Gasteiger partial charge is 0.309 e. The molecule has 12 heteroatoms. The van der Waals surface area contributed by atoms with E-state index in [0.717, 1.165) is 141 Å². The first-order valence-electron chi connectivity index (χ1n) is 47.5. The molecule has 0 N–H and O–H groups in total. The quantitative estimate of drug-likeness (QED) is 0.0535. The molecule has 0 aliphatic rings. The number of hydrogen-bond acceptors (Lipinski definition) is 6. The summed E-state index contributed by atoms with van der Waals surface area (Å²) >= 11 is 0. The summed E-state index contributed by atoms with van der Waals surface area (Å²) in [4.78, 5) is 0. The number of fused-ring (bicyclic) bond motifs is 9. The van der Waals surface area contributed by atoms with E-state index < -0.39 is 0 Å². The van der Waals surface area contributed by atoms with Crippen molar-refractivity contribution in [3.8, 4) is 102 Å². The van der Waals surface area contributed by atoms with Crippen molar-refractivity contribution in [2.75, 3.05) is 0 Å². The summed E-state index contributed by atoms with van der Waals surface area (Å²) in [6, 6.07) is 131. The second-order valence-electron chi connectivity index (χ2n) is 36.3. The standard InChI is InChI=1S/3C40H38N4/c1-27(2)23-29-15-21-37-35(25-29)36-26-30(24-28(3)4)16-22-38(36)43(37)33-17-19-34(20-18-33)44-39(31-11-7-5-8-12-31)41-42-40(44)32-13-9-6-10-14-32;1-5-27(3)31-17-23-37-35(25-31)36-26-32(28(4)6-2)18-24-38(36)43(37)33-19-21-34(22-20-33)44-39(29-13-9-7-10-14-29)41-42-40(44)30-15-11-8-12-16-30;1-3-5-13-29-19-25-37-35(27-29)36-28-30(14-6-4-2)20-26-38(36)43(37)33-21-23-34(24-22-33)44-39(31-15-9-7-10-16-31)41-42-40(44)32-17-11-8-12-18-32/h5-22,25-28H,23-24H2,1-4H3;7-28H,5-6H2,1-4H3;7-12,15-28H,3-6,13-14H2,1-2H3. The number of rotatable bonds is 26. The van der Waals surface area contributed by atoms with E-state index in [1.165, 1.54) is 124 Å². The Balaban J connectivity index is 0.000000128. The minimum Gasteiger partial charge on any atom is -0.309 e. The Morgan fingerprint density at radius 3 is 0.636 bits per heavy atom. The molecule has 0 amide bonds. The van der Waals surface area contributed by atoms with Crippen LogP contribution >= 0.6 is 0 Å². The van der Waals surface area contributed by atoms with Gasteiger partial charge in [0, 0.05) is 99.8 Å². The Morgan fingerprint density at radius 2 is 0.417 bits per heavy atom. The maximum absolute atomic E-state index is 4.66. The van der Waals surface area contributed by atoms with Crippen LogP contribution in [-0.4, -0.2) is 58.0 Å². The molecule has 6 heterocycles. The molecule has 2 unspecified atom stereocenters. The van der Waals surface area contributed by atoms with Crippen LogP contribution in [0, 0.1) is 11.8 Å². The number of hydrogen-bond donors (Lipinski definition) is 0. The first kappa shape index (κ1) is 86.5. The monoisotopic (exact) mass is 1720 g/mol. The van der Waals surface area contributed by atoms with Crippen LogP contribution in [0.25, 0.3) is 168 Å². The molecule has 15 aromatic carbocycles. The number of benzene rings is 15. The van der Waals surface area contributed by atoms with Crippen molar-refractivity contribution >= 4 is 65.4 Å². The van der Waals surface area contributed by atoms with Crippen LogP contribution in [0.1, 0.15) is 153 Å². The SMILES string of the molecule is CC(C)Cc1ccc2c(c1)c1cc(CC(C)C)ccc1n2-c1ccc(-n2c(-c3ccccc3)nnc2-c2ccccc2)cc1.CCC(C)c1ccc2c(c1)c1cc(C(C)CC)ccc1n2-c1ccc(-n2c(-c3ccccc3)nnc2-c2ccccc2)cc1.CCCCc1ccc2c(c1)c1cc(CCCC)ccc1n2-c1ccc(-n2c(-c3ccccc3)nnc2-c2ccccc2)cc1. The van der Waals surface area contributed by atoms with E-state index >= 15 is 0 Å². The van der Waals surface area contributed by atoms with E-state index in [2.05, 4.69) is 382 Å². The van der Waals surface area contributed by atoms with Gasteiger partial charge in [-0.3, -0.25) is 13.7 Å². The summed E-state index contributed by atoms with van der Waals surface area (Å²) < 4.78 is 13.7. The third-order valence-corrected chi connectivity index (χ3v) is 26.2. The van der Waals surface area contributed by atoms with Crippen LogP contribution in [-0.2, 0) is 25.7 Å². The van der Waals surface area contributed by atoms with Gasteiger partial charge in [-0.05, 0) is 254 Å². The van der Waals surface area contributed by atoms with E-state index in [9.17, 15) is 0 Å². The van der Waals surface area contributed by atoms with Gasteiger partial charge in [-0.2, -0.15) is 0 Å². The summed E-state index contributed by atoms with van der Waals surface area (Å²) in [7, 11) is 0. The van der Waals surface area contributed by atoms with Gasteiger partial charge in [-0.25, -0.2) is 0 Å². The number of aryl methyl sites for hydroxylation is 2. The predicted molar refractivity (Wildman–Crippen MR) is 551 cm³/mol. The van der Waals surface area contributed by atoms with E-state index in [1.54, 1.807) is 0 Å². The van der Waals surface area contributed by atoms with Gasteiger partial charge < -0.3 is 13.7 Å². The lowest BCUT2D eigenvalue weighted by molar-refractivity contribution is 0.647. The van der Waals surface area contributed by atoms with E-state index in [0.29, 0.717) is 23.7 Å². The summed E-state index contributed by atoms with van der Waals surface area (Å²) in [6.45, 7) is 22.9. The fraction of sp³-hybridized carbons (Fsp3) is 0.200. The topological polar surface area (TPSA) is 107 Å². The first-order valence-corrected chi connectivity index (χ1v) is 47.5. The average molecular weight is 1720 g/mol. The molecule has 132 heavy (non-hydrogen) atoms. The van der Waals surface area contributed by atoms with Gasteiger partial charge >= 0.3 is 0 Å². The van der Waals surface area contributed by atoms with Gasteiger partial charge in [-0.1, -0.05) is 300 Å². The van der Waals surface area contributed by atoms with Gasteiger partial charge in [0.25, 0.3) is 0 Å². The molecule has 654 valence electrons. The molecule has 0 saturated carbocycles. The van der Waals surface area contributed by atoms with Crippen molar-refractivity contribution in [3.63, 3.8) is 0 Å². The zero-order valence-electron chi connectivity index (χ0n) is 77.4. The van der Waals surface area contributed by atoms with E-state index in [-0.39, 0.29) is 0 Å². The molecule has 0 saturated heterocycles. The van der Waals surface area contributed by atoms with Crippen LogP contribution in [0.5, 0.6) is 0 Å². The summed E-state index contributed by atoms with van der Waals surface area (Å²) in [6.07, 6.45) is 11.5. The second-order valence-corrected chi connectivity index (χ2v) is 36.3. The van der Waals surface area contributed by atoms with Crippen molar-refractivity contribution in [2.24, 2.45) is 11.8 Å². The van der Waals surface area contributed by atoms with Crippen molar-refractivity contribution in [1.29, 1.82) is 0 Å². The van der Waals surface area contributed by atoms with Gasteiger partial charge in [0.2, 0.25) is 0 Å². The normalized spacial score (nSPS) is 12.1. The minimum atomic E-state index is 0.524. The maximum Gasteiger partial charge on any atom is 0.168 e. The van der Waals surface area contributed by atoms with Crippen LogP contribution in [0.4, 0.5) is 0 Å². The second kappa shape index (κ2) is 38.8. The highest BCUT2D eigenvalue weighted by Crippen LogP contribution is 2.42. The summed E-state index contributed by atoms with van der Waals surface area (Å²) in [5.74, 6) is 7.23. The third-order valence-electron chi connectivity index (χ3n) is 26.2. The Bertz CT molecular complexity index is 7170. The molecule has 0 bridgehead atoms. The average Bonchev–Trinajstić information content (AvgIpc) is 1.59. The highest BCUT2D eigenvalue weighted by molar-refractivity contribution is 6.12. The molecule has 0 aliphatic heterocycles. The van der Waals surface area contributed by atoms with Crippen molar-refractivity contribution in [1.82, 2.24) is 58.0 Å². The third kappa shape index (κ3) is 17.6. The Hall–Kier alpha value is -14.9. The smallest absolute Gasteiger partial charge is 0.168 e. The van der Waals surface area contributed by atoms with Crippen molar-refractivity contribution in [2.45, 2.75) is 145 Å². The predicted octanol–water partition coefficient (Wildman–Crippen LogP) is 31.2. The van der Waals surface area contributed by atoms with Crippen molar-refractivity contribution in [3.05, 3.63) is 397 Å². The zero-order chi connectivity index (χ0) is 90.3. The Labute approximate surface area is 775 Å². The van der Waals surface area contributed by atoms with E-state index in [1.807, 2.05) is 109 Å².